The number of benzene rings is 1. The fourth-order valence-electron chi connectivity index (χ4n) is 4.63. The molecule has 2 aromatic heterocycles. The number of aromatic amines is 2. The van der Waals surface area contributed by atoms with Crippen LogP contribution in [-0.2, 0) is 4.79 Å². The smallest absolute Gasteiger partial charge is 0.327 e. The van der Waals surface area contributed by atoms with E-state index < -0.39 is 17.2 Å². The largest absolute Gasteiger partial charge is 0.493 e. The van der Waals surface area contributed by atoms with Crippen molar-refractivity contribution in [2.24, 2.45) is 0 Å². The molecule has 2 unspecified atom stereocenters. The molecule has 0 bridgehead atoms. The Balaban J connectivity index is 1.61. The Labute approximate surface area is 186 Å². The molecule has 3 aromatic rings. The number of thiophene rings is 1. The lowest BCUT2D eigenvalue weighted by Gasteiger charge is -2.35. The Morgan fingerprint density at radius 3 is 2.53 bits per heavy atom. The molecule has 3 heterocycles. The highest BCUT2D eigenvalue weighted by molar-refractivity contribution is 7.10. The Hall–Kier alpha value is -3.59. The summed E-state index contributed by atoms with van der Waals surface area (Å²) in [4.78, 5) is 44.0. The van der Waals surface area contributed by atoms with Gasteiger partial charge in [0.15, 0.2) is 17.3 Å². The van der Waals surface area contributed by atoms with Crippen LogP contribution in [0.15, 0.2) is 56.6 Å². The molecule has 0 fully saturated rings. The third kappa shape index (κ3) is 3.25. The fraction of sp³-hybridized carbons (Fsp3) is 0.261. The molecular formula is C23H21N3O5S. The lowest BCUT2D eigenvalue weighted by Crippen LogP contribution is -2.36. The molecule has 0 saturated carbocycles. The SMILES string of the molecule is COc1ccc(C2CC(=O)C3=C(C2)Nc2[nH]c(=O)[nH]c(=O)c2C3c2cccs2)cc1OC. The topological polar surface area (TPSA) is 113 Å². The molecule has 0 radical (unpaired) electrons. The maximum absolute atomic E-state index is 13.5. The Bertz CT molecular complexity index is 1350. The minimum absolute atomic E-state index is 0.0202. The van der Waals surface area contributed by atoms with Crippen LogP contribution in [0.5, 0.6) is 11.5 Å². The number of hydrogen-bond acceptors (Lipinski definition) is 7. The molecule has 0 spiro atoms. The number of fused-ring (bicyclic) bond motifs is 1. The third-order valence-electron chi connectivity index (χ3n) is 6.05. The van der Waals surface area contributed by atoms with Crippen molar-refractivity contribution in [2.45, 2.75) is 24.7 Å². The van der Waals surface area contributed by atoms with Gasteiger partial charge in [0.2, 0.25) is 0 Å². The molecule has 5 rings (SSSR count). The average Bonchev–Trinajstić information content (AvgIpc) is 3.31. The predicted molar refractivity (Wildman–Crippen MR) is 121 cm³/mol. The number of nitrogens with one attached hydrogen (secondary N) is 3. The van der Waals surface area contributed by atoms with Crippen LogP contribution in [0.1, 0.15) is 40.7 Å². The number of methoxy groups -OCH3 is 2. The number of carbonyl (C=O) groups excluding carboxylic acids is 1. The van der Waals surface area contributed by atoms with Crippen LogP contribution in [0.2, 0.25) is 0 Å². The van der Waals surface area contributed by atoms with E-state index in [1.165, 1.54) is 11.3 Å². The monoisotopic (exact) mass is 451 g/mol. The molecule has 1 aliphatic carbocycles. The summed E-state index contributed by atoms with van der Waals surface area (Å²) in [5.41, 5.74) is 1.57. The Morgan fingerprint density at radius 2 is 1.81 bits per heavy atom. The van der Waals surface area contributed by atoms with Gasteiger partial charge in [0, 0.05) is 22.6 Å². The summed E-state index contributed by atoms with van der Waals surface area (Å²) in [5, 5.41) is 5.10. The van der Waals surface area contributed by atoms with Gasteiger partial charge < -0.3 is 14.8 Å². The van der Waals surface area contributed by atoms with Crippen molar-refractivity contribution < 1.29 is 14.3 Å². The Kier molecular flexibility index (Phi) is 4.97. The summed E-state index contributed by atoms with van der Waals surface area (Å²) in [7, 11) is 3.16. The first kappa shape index (κ1) is 20.3. The van der Waals surface area contributed by atoms with Crippen molar-refractivity contribution in [3.8, 4) is 11.5 Å². The lowest BCUT2D eigenvalue weighted by molar-refractivity contribution is -0.116. The van der Waals surface area contributed by atoms with Gasteiger partial charge in [0.1, 0.15) is 5.82 Å². The van der Waals surface area contributed by atoms with Crippen LogP contribution < -0.4 is 26.0 Å². The number of aromatic nitrogens is 2. The number of carbonyl (C=O) groups is 1. The highest BCUT2D eigenvalue weighted by Gasteiger charge is 2.40. The van der Waals surface area contributed by atoms with Crippen molar-refractivity contribution in [3.05, 3.63) is 83.8 Å². The molecule has 2 atom stereocenters. The van der Waals surface area contributed by atoms with Crippen molar-refractivity contribution in [1.82, 2.24) is 9.97 Å². The van der Waals surface area contributed by atoms with E-state index in [9.17, 15) is 14.4 Å². The van der Waals surface area contributed by atoms with Crippen LogP contribution in [0, 0.1) is 0 Å². The number of hydrogen-bond donors (Lipinski definition) is 3. The first-order valence-corrected chi connectivity index (χ1v) is 11.0. The van der Waals surface area contributed by atoms with E-state index in [-0.39, 0.29) is 11.7 Å². The van der Waals surface area contributed by atoms with E-state index >= 15 is 0 Å². The molecule has 1 aliphatic heterocycles. The summed E-state index contributed by atoms with van der Waals surface area (Å²) in [6, 6.07) is 9.46. The molecule has 0 saturated heterocycles. The molecule has 8 nitrogen and oxygen atoms in total. The third-order valence-corrected chi connectivity index (χ3v) is 6.98. The van der Waals surface area contributed by atoms with Gasteiger partial charge in [0.25, 0.3) is 5.56 Å². The van der Waals surface area contributed by atoms with Gasteiger partial charge in [0.05, 0.1) is 25.7 Å². The molecule has 164 valence electrons. The van der Waals surface area contributed by atoms with E-state index in [1.807, 2.05) is 35.7 Å². The highest BCUT2D eigenvalue weighted by atomic mass is 32.1. The van der Waals surface area contributed by atoms with Crippen LogP contribution >= 0.6 is 11.3 Å². The summed E-state index contributed by atoms with van der Waals surface area (Å²) >= 11 is 1.48. The number of ketones is 1. The number of rotatable bonds is 4. The molecule has 1 aromatic carbocycles. The standard InChI is InChI=1S/C23H21N3O5S/c1-30-15-6-5-11(10-16(15)31-2)12-8-13-18(14(27)9-12)19(17-4-3-7-32-17)20-21(24-13)25-23(29)26-22(20)28/h3-7,10,12,19H,8-9H2,1-2H3,(H3,24,25,26,28,29). The van der Waals surface area contributed by atoms with Gasteiger partial charge in [-0.15, -0.1) is 11.3 Å². The molecule has 2 aliphatic rings. The van der Waals surface area contributed by atoms with Crippen LogP contribution in [0.3, 0.4) is 0 Å². The molecule has 32 heavy (non-hydrogen) atoms. The number of H-pyrrole nitrogens is 2. The van der Waals surface area contributed by atoms with Crippen molar-refractivity contribution in [2.75, 3.05) is 19.5 Å². The maximum atomic E-state index is 13.5. The second-order valence-corrected chi connectivity index (χ2v) is 8.78. The molecule has 9 heteroatoms. The van der Waals surface area contributed by atoms with Gasteiger partial charge in [-0.25, -0.2) is 4.79 Å². The van der Waals surface area contributed by atoms with Gasteiger partial charge >= 0.3 is 5.69 Å². The first-order chi connectivity index (χ1) is 15.5. The average molecular weight is 452 g/mol. The van der Waals surface area contributed by atoms with E-state index in [0.717, 1.165) is 16.1 Å². The molecule has 0 amide bonds. The quantitative estimate of drug-likeness (QED) is 0.562. The summed E-state index contributed by atoms with van der Waals surface area (Å²) < 4.78 is 10.7. The van der Waals surface area contributed by atoms with Crippen molar-refractivity contribution >= 4 is 22.9 Å². The van der Waals surface area contributed by atoms with E-state index in [0.29, 0.717) is 41.3 Å². The minimum Gasteiger partial charge on any atom is -0.493 e. The zero-order valence-electron chi connectivity index (χ0n) is 17.5. The van der Waals surface area contributed by atoms with Crippen LogP contribution in [0.4, 0.5) is 5.82 Å². The number of Topliss-reactive ketones (excluding diaryl/α,β-unsaturated/α-hetero) is 1. The predicted octanol–water partition coefficient (Wildman–Crippen LogP) is 3.10. The van der Waals surface area contributed by atoms with Gasteiger partial charge in [-0.2, -0.15) is 0 Å². The lowest BCUT2D eigenvalue weighted by atomic mass is 9.74. The molecular weight excluding hydrogens is 430 g/mol. The summed E-state index contributed by atoms with van der Waals surface area (Å²) in [6.45, 7) is 0. The summed E-state index contributed by atoms with van der Waals surface area (Å²) in [5.74, 6) is 0.961. The molecule has 3 N–H and O–H groups in total. The minimum atomic E-state index is -0.589. The number of anilines is 1. The van der Waals surface area contributed by atoms with Crippen LogP contribution in [-0.4, -0.2) is 30.0 Å². The zero-order chi connectivity index (χ0) is 22.4. The second kappa shape index (κ2) is 7.83. The van der Waals surface area contributed by atoms with Crippen molar-refractivity contribution in [1.29, 1.82) is 0 Å². The van der Waals surface area contributed by atoms with E-state index in [1.54, 1.807) is 14.2 Å². The first-order valence-electron chi connectivity index (χ1n) is 10.1. The zero-order valence-corrected chi connectivity index (χ0v) is 18.3. The van der Waals surface area contributed by atoms with Crippen molar-refractivity contribution in [3.63, 3.8) is 0 Å². The fourth-order valence-corrected chi connectivity index (χ4v) is 5.48. The van der Waals surface area contributed by atoms with E-state index in [2.05, 4.69) is 15.3 Å². The maximum Gasteiger partial charge on any atom is 0.327 e. The van der Waals surface area contributed by atoms with Gasteiger partial charge in [-0.3, -0.25) is 19.6 Å². The van der Waals surface area contributed by atoms with E-state index in [4.69, 9.17) is 9.47 Å². The van der Waals surface area contributed by atoms with Crippen LogP contribution in [0.25, 0.3) is 0 Å². The summed E-state index contributed by atoms with van der Waals surface area (Å²) in [6.07, 6.45) is 0.876. The van der Waals surface area contributed by atoms with Gasteiger partial charge in [-0.05, 0) is 41.5 Å². The number of allylic oxidation sites excluding steroid dienone is 2. The second-order valence-electron chi connectivity index (χ2n) is 7.81. The highest BCUT2D eigenvalue weighted by Crippen LogP contribution is 2.47. The van der Waals surface area contributed by atoms with Gasteiger partial charge in [-0.1, -0.05) is 12.1 Å². The normalized spacial score (nSPS) is 19.8. The number of ether oxygens (including phenoxy) is 2. The Morgan fingerprint density at radius 1 is 1.00 bits per heavy atom.